The quantitative estimate of drug-likeness (QED) is 0.756. The highest BCUT2D eigenvalue weighted by molar-refractivity contribution is 5.88. The summed E-state index contributed by atoms with van der Waals surface area (Å²) in [4.78, 5) is 14.5. The first-order valence-electron chi connectivity index (χ1n) is 8.19. The Balaban J connectivity index is 2.02. The molecule has 1 heterocycles. The smallest absolute Gasteiger partial charge is 0.323 e. The zero-order valence-corrected chi connectivity index (χ0v) is 14.7. The van der Waals surface area contributed by atoms with Gasteiger partial charge in [0, 0.05) is 39.9 Å². The number of carbonyl (C=O) groups excluding carboxylic acids is 1. The zero-order valence-electron chi connectivity index (χ0n) is 14.7. The first-order valence-corrected chi connectivity index (χ1v) is 8.19. The SMILES string of the molecule is COCCCCN(Cc1ccccc1)C(=O)Nc1cc(C)nn1C. The number of unbranched alkanes of at least 4 members (excludes halogenated alkanes) is 1. The van der Waals surface area contributed by atoms with E-state index in [0.29, 0.717) is 25.5 Å². The minimum absolute atomic E-state index is 0.112. The molecule has 1 aromatic carbocycles. The molecule has 6 nitrogen and oxygen atoms in total. The molecule has 0 radical (unpaired) electrons. The second kappa shape index (κ2) is 9.08. The van der Waals surface area contributed by atoms with E-state index in [2.05, 4.69) is 10.4 Å². The molecule has 0 atom stereocenters. The number of ether oxygens (including phenoxy) is 1. The third-order valence-electron chi connectivity index (χ3n) is 3.77. The number of nitrogens with zero attached hydrogens (tertiary/aromatic N) is 3. The average Bonchev–Trinajstić information content (AvgIpc) is 2.88. The van der Waals surface area contributed by atoms with Gasteiger partial charge in [-0.3, -0.25) is 10.00 Å². The number of hydrogen-bond acceptors (Lipinski definition) is 3. The van der Waals surface area contributed by atoms with Crippen LogP contribution < -0.4 is 5.32 Å². The van der Waals surface area contributed by atoms with E-state index >= 15 is 0 Å². The highest BCUT2D eigenvalue weighted by Crippen LogP contribution is 2.12. The minimum atomic E-state index is -0.112. The van der Waals surface area contributed by atoms with E-state index in [9.17, 15) is 4.79 Å². The van der Waals surface area contributed by atoms with Crippen molar-refractivity contribution in [3.05, 3.63) is 47.7 Å². The van der Waals surface area contributed by atoms with Crippen molar-refractivity contribution in [3.8, 4) is 0 Å². The lowest BCUT2D eigenvalue weighted by Gasteiger charge is -2.23. The van der Waals surface area contributed by atoms with Crippen LogP contribution in [-0.2, 0) is 18.3 Å². The Labute approximate surface area is 143 Å². The number of hydrogen-bond donors (Lipinski definition) is 1. The number of methoxy groups -OCH3 is 1. The van der Waals surface area contributed by atoms with E-state index in [1.165, 1.54) is 0 Å². The summed E-state index contributed by atoms with van der Waals surface area (Å²) in [5.74, 6) is 0.701. The first-order chi connectivity index (χ1) is 11.6. The van der Waals surface area contributed by atoms with Crippen molar-refractivity contribution in [1.82, 2.24) is 14.7 Å². The summed E-state index contributed by atoms with van der Waals surface area (Å²) in [5, 5.41) is 7.21. The maximum Gasteiger partial charge on any atom is 0.323 e. The molecule has 6 heteroatoms. The molecule has 2 rings (SSSR count). The van der Waals surface area contributed by atoms with Gasteiger partial charge in [-0.2, -0.15) is 5.10 Å². The van der Waals surface area contributed by atoms with E-state index in [1.807, 2.05) is 55.3 Å². The Bertz CT molecular complexity index is 640. The topological polar surface area (TPSA) is 59.4 Å². The van der Waals surface area contributed by atoms with E-state index in [4.69, 9.17) is 4.74 Å². The monoisotopic (exact) mass is 330 g/mol. The summed E-state index contributed by atoms with van der Waals surface area (Å²) in [6.45, 7) is 3.88. The number of aryl methyl sites for hydroxylation is 2. The molecule has 24 heavy (non-hydrogen) atoms. The van der Waals surface area contributed by atoms with Crippen LogP contribution in [-0.4, -0.2) is 41.0 Å². The molecule has 0 unspecified atom stereocenters. The number of urea groups is 1. The van der Waals surface area contributed by atoms with Crippen molar-refractivity contribution < 1.29 is 9.53 Å². The molecule has 0 aliphatic carbocycles. The van der Waals surface area contributed by atoms with Gasteiger partial charge in [0.2, 0.25) is 0 Å². The van der Waals surface area contributed by atoms with Gasteiger partial charge in [0.25, 0.3) is 0 Å². The molecule has 0 saturated carbocycles. The van der Waals surface area contributed by atoms with Crippen LogP contribution in [0.2, 0.25) is 0 Å². The molecule has 2 aromatic rings. The van der Waals surface area contributed by atoms with Gasteiger partial charge in [-0.05, 0) is 25.3 Å². The van der Waals surface area contributed by atoms with Crippen LogP contribution >= 0.6 is 0 Å². The van der Waals surface area contributed by atoms with Gasteiger partial charge in [-0.1, -0.05) is 30.3 Å². The summed E-state index contributed by atoms with van der Waals surface area (Å²) < 4.78 is 6.77. The van der Waals surface area contributed by atoms with E-state index < -0.39 is 0 Å². The highest BCUT2D eigenvalue weighted by atomic mass is 16.5. The van der Waals surface area contributed by atoms with Crippen molar-refractivity contribution in [1.29, 1.82) is 0 Å². The second-order valence-electron chi connectivity index (χ2n) is 5.83. The molecular formula is C18H26N4O2. The molecule has 0 aliphatic heterocycles. The summed E-state index contributed by atoms with van der Waals surface area (Å²) in [5.41, 5.74) is 1.99. The van der Waals surface area contributed by atoms with Gasteiger partial charge in [0.1, 0.15) is 5.82 Å². The van der Waals surface area contributed by atoms with Crippen molar-refractivity contribution >= 4 is 11.8 Å². The van der Waals surface area contributed by atoms with E-state index in [-0.39, 0.29) is 6.03 Å². The fraction of sp³-hybridized carbons (Fsp3) is 0.444. The summed E-state index contributed by atoms with van der Waals surface area (Å²) in [6.07, 6.45) is 1.83. The fourth-order valence-electron chi connectivity index (χ4n) is 2.52. The Morgan fingerprint density at radius 2 is 2.04 bits per heavy atom. The predicted octanol–water partition coefficient (Wildman–Crippen LogP) is 3.19. The Morgan fingerprint density at radius 1 is 1.29 bits per heavy atom. The molecule has 0 spiro atoms. The lowest BCUT2D eigenvalue weighted by atomic mass is 10.2. The predicted molar refractivity (Wildman–Crippen MR) is 94.9 cm³/mol. The van der Waals surface area contributed by atoms with Crippen LogP contribution in [0.3, 0.4) is 0 Å². The van der Waals surface area contributed by atoms with Crippen molar-refractivity contribution in [2.75, 3.05) is 25.6 Å². The Morgan fingerprint density at radius 3 is 2.67 bits per heavy atom. The van der Waals surface area contributed by atoms with Gasteiger partial charge in [-0.15, -0.1) is 0 Å². The largest absolute Gasteiger partial charge is 0.385 e. The molecule has 2 amide bonds. The van der Waals surface area contributed by atoms with Gasteiger partial charge in [0.05, 0.1) is 5.69 Å². The maximum absolute atomic E-state index is 12.7. The number of aromatic nitrogens is 2. The van der Waals surface area contributed by atoms with Crippen LogP contribution in [0, 0.1) is 6.92 Å². The molecular weight excluding hydrogens is 304 g/mol. The van der Waals surface area contributed by atoms with Gasteiger partial charge >= 0.3 is 6.03 Å². The van der Waals surface area contributed by atoms with Crippen molar-refractivity contribution in [3.63, 3.8) is 0 Å². The Kier molecular flexibility index (Phi) is 6.81. The van der Waals surface area contributed by atoms with Crippen LogP contribution in [0.15, 0.2) is 36.4 Å². The second-order valence-corrected chi connectivity index (χ2v) is 5.83. The molecule has 1 N–H and O–H groups in total. The number of carbonyl (C=O) groups is 1. The number of anilines is 1. The lowest BCUT2D eigenvalue weighted by molar-refractivity contribution is 0.182. The van der Waals surface area contributed by atoms with Crippen LogP contribution in [0.25, 0.3) is 0 Å². The highest BCUT2D eigenvalue weighted by Gasteiger charge is 2.15. The normalized spacial score (nSPS) is 10.6. The summed E-state index contributed by atoms with van der Waals surface area (Å²) in [7, 11) is 3.52. The average molecular weight is 330 g/mol. The third kappa shape index (κ3) is 5.38. The molecule has 0 aliphatic rings. The molecule has 0 saturated heterocycles. The molecule has 0 fully saturated rings. The zero-order chi connectivity index (χ0) is 17.4. The van der Waals surface area contributed by atoms with Crippen LogP contribution in [0.1, 0.15) is 24.1 Å². The molecule has 1 aromatic heterocycles. The first kappa shape index (κ1) is 18.0. The number of rotatable bonds is 8. The van der Waals surface area contributed by atoms with Crippen LogP contribution in [0.4, 0.5) is 10.6 Å². The van der Waals surface area contributed by atoms with Gasteiger partial charge < -0.3 is 9.64 Å². The third-order valence-corrected chi connectivity index (χ3v) is 3.77. The fourth-order valence-corrected chi connectivity index (χ4v) is 2.52. The van der Waals surface area contributed by atoms with Crippen molar-refractivity contribution in [2.24, 2.45) is 7.05 Å². The molecule has 0 bridgehead atoms. The number of benzene rings is 1. The van der Waals surface area contributed by atoms with Crippen molar-refractivity contribution in [2.45, 2.75) is 26.3 Å². The van der Waals surface area contributed by atoms with Gasteiger partial charge in [0.15, 0.2) is 0 Å². The minimum Gasteiger partial charge on any atom is -0.385 e. The number of amides is 2. The lowest BCUT2D eigenvalue weighted by Crippen LogP contribution is -2.35. The molecule has 130 valence electrons. The standard InChI is InChI=1S/C18H26N4O2/c1-15-13-17(21(2)20-15)19-18(23)22(11-7-8-12-24-3)14-16-9-5-4-6-10-16/h4-6,9-10,13H,7-8,11-12,14H2,1-3H3,(H,19,23). The summed E-state index contributed by atoms with van der Waals surface area (Å²) >= 11 is 0. The van der Waals surface area contributed by atoms with Crippen LogP contribution in [0.5, 0.6) is 0 Å². The summed E-state index contributed by atoms with van der Waals surface area (Å²) in [6, 6.07) is 11.8. The van der Waals surface area contributed by atoms with E-state index in [1.54, 1.807) is 11.8 Å². The van der Waals surface area contributed by atoms with Gasteiger partial charge in [-0.25, -0.2) is 4.79 Å². The maximum atomic E-state index is 12.7. The number of nitrogens with one attached hydrogen (secondary N) is 1. The van der Waals surface area contributed by atoms with E-state index in [0.717, 1.165) is 24.1 Å². The Hall–Kier alpha value is -2.34.